The fraction of sp³-hybridized carbons (Fsp3) is 0.300. The third-order valence-electron chi connectivity index (χ3n) is 2.12. The molecule has 0 spiro atoms. The van der Waals surface area contributed by atoms with Crippen molar-refractivity contribution in [2.45, 2.75) is 19.8 Å². The van der Waals surface area contributed by atoms with Crippen LogP contribution in [0.4, 0.5) is 0 Å². The Bertz CT molecular complexity index is 431. The van der Waals surface area contributed by atoms with Gasteiger partial charge in [0.2, 0.25) is 0 Å². The minimum Gasteiger partial charge on any atom is -0.343 e. The number of fused-ring (bicyclic) bond motifs is 1. The Kier molecular flexibility index (Phi) is 2.00. The van der Waals surface area contributed by atoms with E-state index in [-0.39, 0.29) is 0 Å². The molecule has 2 heterocycles. The Morgan fingerprint density at radius 3 is 2.85 bits per heavy atom. The minimum atomic E-state index is 0.477. The van der Waals surface area contributed by atoms with Crippen molar-refractivity contribution in [3.63, 3.8) is 0 Å². The van der Waals surface area contributed by atoms with E-state index >= 15 is 0 Å². The maximum absolute atomic E-state index is 6.02. The molecular weight excluding hydrogens is 184 g/mol. The molecule has 0 aliphatic rings. The summed E-state index contributed by atoms with van der Waals surface area (Å²) in [6.07, 6.45) is 1.71. The van der Waals surface area contributed by atoms with Gasteiger partial charge in [0, 0.05) is 17.3 Å². The number of halogens is 1. The Balaban J connectivity index is 2.68. The number of pyridine rings is 1. The first-order chi connectivity index (χ1) is 6.18. The van der Waals surface area contributed by atoms with Crippen molar-refractivity contribution < 1.29 is 0 Å². The lowest BCUT2D eigenvalue weighted by atomic mass is 10.1. The van der Waals surface area contributed by atoms with Crippen LogP contribution in [-0.2, 0) is 0 Å². The average molecular weight is 195 g/mol. The summed E-state index contributed by atoms with van der Waals surface area (Å²) in [6.45, 7) is 4.28. The average Bonchev–Trinajstić information content (AvgIpc) is 2.49. The van der Waals surface area contributed by atoms with Gasteiger partial charge in [0.25, 0.3) is 0 Å². The first-order valence-electron chi connectivity index (χ1n) is 4.31. The molecule has 0 atom stereocenters. The highest BCUT2D eigenvalue weighted by Gasteiger charge is 2.06. The number of aromatic nitrogens is 2. The summed E-state index contributed by atoms with van der Waals surface area (Å²) in [5.41, 5.74) is 2.05. The predicted molar refractivity (Wildman–Crippen MR) is 55.2 cm³/mol. The lowest BCUT2D eigenvalue weighted by Gasteiger charge is -1.97. The number of hydrogen-bond acceptors (Lipinski definition) is 1. The molecule has 0 saturated carbocycles. The van der Waals surface area contributed by atoms with Crippen LogP contribution in [0.25, 0.3) is 11.0 Å². The molecule has 0 radical (unpaired) electrons. The van der Waals surface area contributed by atoms with Crippen molar-refractivity contribution in [3.05, 3.63) is 29.0 Å². The van der Waals surface area contributed by atoms with E-state index in [1.54, 1.807) is 6.20 Å². The number of nitrogens with zero attached hydrogens (tertiary/aromatic N) is 1. The van der Waals surface area contributed by atoms with Gasteiger partial charge in [-0.1, -0.05) is 25.4 Å². The van der Waals surface area contributed by atoms with Gasteiger partial charge in [0.15, 0.2) is 0 Å². The molecule has 13 heavy (non-hydrogen) atoms. The van der Waals surface area contributed by atoms with Crippen LogP contribution in [0, 0.1) is 0 Å². The van der Waals surface area contributed by atoms with E-state index in [4.69, 9.17) is 11.6 Å². The summed E-state index contributed by atoms with van der Waals surface area (Å²) < 4.78 is 0. The molecule has 0 amide bonds. The number of nitrogens with one attached hydrogen (secondary N) is 1. The summed E-state index contributed by atoms with van der Waals surface area (Å²) in [6, 6.07) is 3.87. The van der Waals surface area contributed by atoms with Crippen LogP contribution in [0.3, 0.4) is 0 Å². The first kappa shape index (κ1) is 8.57. The summed E-state index contributed by atoms with van der Waals surface area (Å²) in [5, 5.41) is 1.76. The number of H-pyrrole nitrogens is 1. The second-order valence-corrected chi connectivity index (χ2v) is 3.84. The minimum absolute atomic E-state index is 0.477. The Morgan fingerprint density at radius 2 is 2.23 bits per heavy atom. The summed E-state index contributed by atoms with van der Waals surface area (Å²) in [5.74, 6) is 0.477. The van der Waals surface area contributed by atoms with E-state index in [0.717, 1.165) is 16.1 Å². The zero-order valence-electron chi connectivity index (χ0n) is 7.63. The first-order valence-corrected chi connectivity index (χ1v) is 4.69. The van der Waals surface area contributed by atoms with Crippen LogP contribution in [0.2, 0.25) is 5.02 Å². The molecule has 0 unspecified atom stereocenters. The van der Waals surface area contributed by atoms with Gasteiger partial charge in [-0.25, -0.2) is 4.98 Å². The Hall–Kier alpha value is -1.02. The van der Waals surface area contributed by atoms with E-state index in [1.165, 1.54) is 5.69 Å². The van der Waals surface area contributed by atoms with Crippen LogP contribution in [0.5, 0.6) is 0 Å². The topological polar surface area (TPSA) is 28.7 Å². The van der Waals surface area contributed by atoms with Gasteiger partial charge in [-0.05, 0) is 18.1 Å². The lowest BCUT2D eigenvalue weighted by Crippen LogP contribution is -1.85. The van der Waals surface area contributed by atoms with Crippen molar-refractivity contribution >= 4 is 22.6 Å². The molecule has 3 heteroatoms. The molecule has 0 fully saturated rings. The zero-order valence-corrected chi connectivity index (χ0v) is 8.39. The normalized spacial score (nSPS) is 11.4. The highest BCUT2D eigenvalue weighted by Crippen LogP contribution is 2.25. The molecule has 0 bridgehead atoms. The van der Waals surface area contributed by atoms with Gasteiger partial charge in [0.05, 0.1) is 5.02 Å². The molecule has 0 aromatic carbocycles. The van der Waals surface area contributed by atoms with Crippen molar-refractivity contribution in [1.29, 1.82) is 0 Å². The number of aromatic amines is 1. The van der Waals surface area contributed by atoms with Gasteiger partial charge in [-0.15, -0.1) is 0 Å². The summed E-state index contributed by atoms with van der Waals surface area (Å²) in [4.78, 5) is 7.45. The van der Waals surface area contributed by atoms with Gasteiger partial charge >= 0.3 is 0 Å². The maximum Gasteiger partial charge on any atom is 0.138 e. The Morgan fingerprint density at radius 1 is 1.46 bits per heavy atom. The highest BCUT2D eigenvalue weighted by molar-refractivity contribution is 6.35. The van der Waals surface area contributed by atoms with Crippen LogP contribution < -0.4 is 0 Å². The van der Waals surface area contributed by atoms with E-state index in [9.17, 15) is 0 Å². The fourth-order valence-electron chi connectivity index (χ4n) is 1.33. The molecule has 2 aromatic rings. The van der Waals surface area contributed by atoms with Gasteiger partial charge in [0.1, 0.15) is 5.65 Å². The largest absolute Gasteiger partial charge is 0.343 e. The monoisotopic (exact) mass is 194 g/mol. The van der Waals surface area contributed by atoms with Crippen LogP contribution in [0.1, 0.15) is 25.5 Å². The molecule has 0 aliphatic carbocycles. The second kappa shape index (κ2) is 3.04. The molecule has 2 aromatic heterocycles. The smallest absolute Gasteiger partial charge is 0.138 e. The molecule has 2 rings (SSSR count). The standard InChI is InChI=1S/C10H11ClN2/c1-6(2)9-5-7-8(11)3-4-12-10(7)13-9/h3-6H,1-2H3,(H,12,13). The van der Waals surface area contributed by atoms with Crippen molar-refractivity contribution in [3.8, 4) is 0 Å². The zero-order chi connectivity index (χ0) is 9.42. The SMILES string of the molecule is CC(C)c1cc2c(Cl)ccnc2[nH]1. The van der Waals surface area contributed by atoms with Gasteiger partial charge in [-0.2, -0.15) is 0 Å². The molecule has 68 valence electrons. The second-order valence-electron chi connectivity index (χ2n) is 3.43. The molecule has 2 nitrogen and oxygen atoms in total. The third kappa shape index (κ3) is 1.42. The lowest BCUT2D eigenvalue weighted by molar-refractivity contribution is 0.835. The van der Waals surface area contributed by atoms with Gasteiger partial charge in [-0.3, -0.25) is 0 Å². The van der Waals surface area contributed by atoms with Crippen molar-refractivity contribution in [2.75, 3.05) is 0 Å². The molecule has 0 saturated heterocycles. The van der Waals surface area contributed by atoms with E-state index < -0.39 is 0 Å². The van der Waals surface area contributed by atoms with Crippen LogP contribution >= 0.6 is 11.6 Å². The highest BCUT2D eigenvalue weighted by atomic mass is 35.5. The van der Waals surface area contributed by atoms with Gasteiger partial charge < -0.3 is 4.98 Å². The quantitative estimate of drug-likeness (QED) is 0.741. The van der Waals surface area contributed by atoms with Crippen LogP contribution in [0.15, 0.2) is 18.3 Å². The van der Waals surface area contributed by atoms with Crippen molar-refractivity contribution in [1.82, 2.24) is 9.97 Å². The number of hydrogen-bond donors (Lipinski definition) is 1. The fourth-order valence-corrected chi connectivity index (χ4v) is 1.53. The molecular formula is C10H11ClN2. The predicted octanol–water partition coefficient (Wildman–Crippen LogP) is 3.34. The van der Waals surface area contributed by atoms with Crippen LogP contribution in [-0.4, -0.2) is 9.97 Å². The summed E-state index contributed by atoms with van der Waals surface area (Å²) in [7, 11) is 0. The maximum atomic E-state index is 6.02. The van der Waals surface area contributed by atoms with E-state index in [1.807, 2.05) is 6.07 Å². The molecule has 0 aliphatic heterocycles. The summed E-state index contributed by atoms with van der Waals surface area (Å²) >= 11 is 6.02. The van der Waals surface area contributed by atoms with Crippen molar-refractivity contribution in [2.24, 2.45) is 0 Å². The third-order valence-corrected chi connectivity index (χ3v) is 2.45. The number of rotatable bonds is 1. The molecule has 1 N–H and O–H groups in total. The van der Waals surface area contributed by atoms with E-state index in [2.05, 4.69) is 29.9 Å². The Labute approximate surface area is 81.9 Å². The van der Waals surface area contributed by atoms with E-state index in [0.29, 0.717) is 5.92 Å².